The number of rotatable bonds is 6. The van der Waals surface area contributed by atoms with Crippen LogP contribution < -0.4 is 10.1 Å². The summed E-state index contributed by atoms with van der Waals surface area (Å²) in [5.74, 6) is -0.0662. The van der Waals surface area contributed by atoms with E-state index in [2.05, 4.69) is 5.32 Å². The Hall–Kier alpha value is -1.13. The summed E-state index contributed by atoms with van der Waals surface area (Å²) in [5.41, 5.74) is 0.837. The summed E-state index contributed by atoms with van der Waals surface area (Å²) in [6.07, 6.45) is 0. The van der Waals surface area contributed by atoms with Gasteiger partial charge in [-0.05, 0) is 24.6 Å². The maximum atomic E-state index is 13.3. The van der Waals surface area contributed by atoms with Crippen LogP contribution in [0.25, 0.3) is 0 Å². The monoisotopic (exact) mass is 213 g/mol. The van der Waals surface area contributed by atoms with Crippen LogP contribution >= 0.6 is 0 Å². The minimum Gasteiger partial charge on any atom is -0.491 e. The molecule has 1 rings (SSSR count). The minimum absolute atomic E-state index is 0.0828. The minimum atomic E-state index is -0.347. The molecule has 0 amide bonds. The molecule has 0 radical (unpaired) electrons. The number of ether oxygens (including phenoxy) is 1. The fourth-order valence-corrected chi connectivity index (χ4v) is 1.24. The summed E-state index contributed by atoms with van der Waals surface area (Å²) in [5, 5.41) is 11.5. The van der Waals surface area contributed by atoms with Crippen LogP contribution in [0.1, 0.15) is 12.5 Å². The molecule has 0 spiro atoms. The van der Waals surface area contributed by atoms with E-state index in [9.17, 15) is 4.39 Å². The summed E-state index contributed by atoms with van der Waals surface area (Å²) in [6, 6.07) is 4.86. The van der Waals surface area contributed by atoms with Gasteiger partial charge in [0.1, 0.15) is 0 Å². The molecule has 84 valence electrons. The topological polar surface area (TPSA) is 41.5 Å². The first-order valence-electron chi connectivity index (χ1n) is 5.00. The van der Waals surface area contributed by atoms with Gasteiger partial charge in [0.25, 0.3) is 0 Å². The van der Waals surface area contributed by atoms with Crippen molar-refractivity contribution in [1.29, 1.82) is 0 Å². The number of hydrogen-bond acceptors (Lipinski definition) is 3. The van der Waals surface area contributed by atoms with E-state index in [1.807, 2.05) is 6.92 Å². The zero-order chi connectivity index (χ0) is 11.1. The maximum Gasteiger partial charge on any atom is 0.165 e. The van der Waals surface area contributed by atoms with Crippen LogP contribution in [0.15, 0.2) is 18.2 Å². The fourth-order valence-electron chi connectivity index (χ4n) is 1.24. The Labute approximate surface area is 88.9 Å². The van der Waals surface area contributed by atoms with Gasteiger partial charge in [0.2, 0.25) is 0 Å². The smallest absolute Gasteiger partial charge is 0.165 e. The first kappa shape index (κ1) is 11.9. The average molecular weight is 213 g/mol. The predicted octanol–water partition coefficient (Wildman–Crippen LogP) is 1.31. The first-order valence-corrected chi connectivity index (χ1v) is 5.00. The van der Waals surface area contributed by atoms with Gasteiger partial charge in [-0.3, -0.25) is 0 Å². The zero-order valence-electron chi connectivity index (χ0n) is 8.79. The third-order valence-electron chi connectivity index (χ3n) is 1.91. The van der Waals surface area contributed by atoms with Crippen molar-refractivity contribution in [1.82, 2.24) is 5.32 Å². The summed E-state index contributed by atoms with van der Waals surface area (Å²) < 4.78 is 18.4. The highest BCUT2D eigenvalue weighted by Gasteiger charge is 2.03. The van der Waals surface area contributed by atoms with E-state index in [-0.39, 0.29) is 18.2 Å². The maximum absolute atomic E-state index is 13.3. The van der Waals surface area contributed by atoms with Gasteiger partial charge in [0, 0.05) is 13.1 Å². The SMILES string of the molecule is CCOc1ccc(CNCCO)cc1F. The Morgan fingerprint density at radius 3 is 2.87 bits per heavy atom. The van der Waals surface area contributed by atoms with Crippen molar-refractivity contribution in [2.45, 2.75) is 13.5 Å². The predicted molar refractivity (Wildman–Crippen MR) is 56.4 cm³/mol. The van der Waals surface area contributed by atoms with Crippen molar-refractivity contribution in [2.24, 2.45) is 0 Å². The van der Waals surface area contributed by atoms with Gasteiger partial charge in [-0.2, -0.15) is 0 Å². The molecule has 3 nitrogen and oxygen atoms in total. The molecular weight excluding hydrogens is 197 g/mol. The van der Waals surface area contributed by atoms with Crippen molar-refractivity contribution in [3.05, 3.63) is 29.6 Å². The number of hydrogen-bond donors (Lipinski definition) is 2. The summed E-state index contributed by atoms with van der Waals surface area (Å²) in [6.45, 7) is 3.41. The quantitative estimate of drug-likeness (QED) is 0.700. The number of aliphatic hydroxyl groups is 1. The summed E-state index contributed by atoms with van der Waals surface area (Å²) >= 11 is 0. The molecule has 0 heterocycles. The Morgan fingerprint density at radius 2 is 2.27 bits per heavy atom. The molecular formula is C11H16FNO2. The molecule has 0 aliphatic rings. The highest BCUT2D eigenvalue weighted by molar-refractivity contribution is 5.29. The largest absolute Gasteiger partial charge is 0.491 e. The molecule has 0 unspecified atom stereocenters. The van der Waals surface area contributed by atoms with Crippen molar-refractivity contribution in [2.75, 3.05) is 19.8 Å². The van der Waals surface area contributed by atoms with Gasteiger partial charge < -0.3 is 15.2 Å². The van der Waals surface area contributed by atoms with E-state index in [1.54, 1.807) is 12.1 Å². The molecule has 0 atom stereocenters. The lowest BCUT2D eigenvalue weighted by Crippen LogP contribution is -2.17. The molecule has 0 saturated carbocycles. The van der Waals surface area contributed by atoms with E-state index in [0.29, 0.717) is 19.7 Å². The zero-order valence-corrected chi connectivity index (χ0v) is 8.79. The lowest BCUT2D eigenvalue weighted by Gasteiger charge is -2.07. The fraction of sp³-hybridized carbons (Fsp3) is 0.455. The third-order valence-corrected chi connectivity index (χ3v) is 1.91. The Kier molecular flexibility index (Phi) is 5.07. The molecule has 1 aromatic carbocycles. The molecule has 1 aromatic rings. The second kappa shape index (κ2) is 6.37. The Balaban J connectivity index is 2.56. The first-order chi connectivity index (χ1) is 7.27. The van der Waals surface area contributed by atoms with Gasteiger partial charge in [-0.15, -0.1) is 0 Å². The van der Waals surface area contributed by atoms with Crippen LogP contribution in [0.5, 0.6) is 5.75 Å². The lowest BCUT2D eigenvalue weighted by atomic mass is 10.2. The van der Waals surface area contributed by atoms with Crippen LogP contribution in [0.3, 0.4) is 0 Å². The molecule has 0 aromatic heterocycles. The Bertz CT molecular complexity index is 305. The lowest BCUT2D eigenvalue weighted by molar-refractivity contribution is 0.292. The van der Waals surface area contributed by atoms with E-state index in [4.69, 9.17) is 9.84 Å². The summed E-state index contributed by atoms with van der Waals surface area (Å²) in [4.78, 5) is 0. The third kappa shape index (κ3) is 3.85. The van der Waals surface area contributed by atoms with Crippen molar-refractivity contribution in [3.63, 3.8) is 0 Å². The molecule has 15 heavy (non-hydrogen) atoms. The van der Waals surface area contributed by atoms with Crippen molar-refractivity contribution in [3.8, 4) is 5.75 Å². The van der Waals surface area contributed by atoms with Gasteiger partial charge in [0.05, 0.1) is 13.2 Å². The van der Waals surface area contributed by atoms with E-state index < -0.39 is 0 Å². The van der Waals surface area contributed by atoms with Crippen LogP contribution in [-0.4, -0.2) is 24.9 Å². The molecule has 0 saturated heterocycles. The van der Waals surface area contributed by atoms with Crippen LogP contribution in [0, 0.1) is 5.82 Å². The van der Waals surface area contributed by atoms with Crippen molar-refractivity contribution < 1.29 is 14.2 Å². The van der Waals surface area contributed by atoms with Gasteiger partial charge >= 0.3 is 0 Å². The average Bonchev–Trinajstić information content (AvgIpc) is 2.23. The Morgan fingerprint density at radius 1 is 1.47 bits per heavy atom. The van der Waals surface area contributed by atoms with Crippen molar-refractivity contribution >= 4 is 0 Å². The number of nitrogens with one attached hydrogen (secondary N) is 1. The number of benzene rings is 1. The molecule has 0 fully saturated rings. The highest BCUT2D eigenvalue weighted by Crippen LogP contribution is 2.18. The van der Waals surface area contributed by atoms with Gasteiger partial charge in [-0.1, -0.05) is 6.07 Å². The molecule has 4 heteroatoms. The van der Waals surface area contributed by atoms with Crippen LogP contribution in [0.2, 0.25) is 0 Å². The van der Waals surface area contributed by atoms with Crippen LogP contribution in [0.4, 0.5) is 4.39 Å². The van der Waals surface area contributed by atoms with Gasteiger partial charge in [-0.25, -0.2) is 4.39 Å². The van der Waals surface area contributed by atoms with E-state index >= 15 is 0 Å². The van der Waals surface area contributed by atoms with Crippen LogP contribution in [-0.2, 0) is 6.54 Å². The van der Waals surface area contributed by atoms with E-state index in [0.717, 1.165) is 5.56 Å². The van der Waals surface area contributed by atoms with E-state index in [1.165, 1.54) is 6.07 Å². The highest BCUT2D eigenvalue weighted by atomic mass is 19.1. The van der Waals surface area contributed by atoms with Gasteiger partial charge in [0.15, 0.2) is 11.6 Å². The normalized spacial score (nSPS) is 10.3. The summed E-state index contributed by atoms with van der Waals surface area (Å²) in [7, 11) is 0. The number of aliphatic hydroxyl groups excluding tert-OH is 1. The molecule has 0 aliphatic carbocycles. The molecule has 0 bridgehead atoms. The second-order valence-corrected chi connectivity index (χ2v) is 3.10. The standard InChI is InChI=1S/C11H16FNO2/c1-2-15-11-4-3-9(7-10(11)12)8-13-5-6-14/h3-4,7,13-14H,2,5-6,8H2,1H3. The molecule has 2 N–H and O–H groups in total. The molecule has 0 aliphatic heterocycles. The second-order valence-electron chi connectivity index (χ2n) is 3.10. The number of halogens is 1.